The highest BCUT2D eigenvalue weighted by atomic mass is 16.6. The van der Waals surface area contributed by atoms with E-state index in [2.05, 4.69) is 5.10 Å². The van der Waals surface area contributed by atoms with Gasteiger partial charge in [-0.2, -0.15) is 5.10 Å². The summed E-state index contributed by atoms with van der Waals surface area (Å²) in [5.74, 6) is 0.134. The van der Waals surface area contributed by atoms with Crippen LogP contribution in [-0.4, -0.2) is 21.0 Å². The minimum Gasteiger partial charge on any atom is -0.508 e. The SMILES string of the molecule is Cc1c(N(Cc2ccccc2O)C(=O)OCc2ccccc2)cnn1C. The molecule has 0 spiro atoms. The summed E-state index contributed by atoms with van der Waals surface area (Å²) in [6.45, 7) is 2.24. The number of phenolic OH excluding ortho intramolecular Hbond substituents is 1. The summed E-state index contributed by atoms with van der Waals surface area (Å²) in [5.41, 5.74) is 3.02. The Bertz CT molecular complexity index is 890. The van der Waals surface area contributed by atoms with Crippen LogP contribution < -0.4 is 4.90 Å². The number of aromatic hydroxyl groups is 1. The van der Waals surface area contributed by atoms with E-state index in [4.69, 9.17) is 4.74 Å². The normalized spacial score (nSPS) is 10.5. The minimum absolute atomic E-state index is 0.134. The third-order valence-corrected chi connectivity index (χ3v) is 4.25. The zero-order valence-corrected chi connectivity index (χ0v) is 14.8. The van der Waals surface area contributed by atoms with E-state index in [1.165, 1.54) is 4.90 Å². The molecule has 0 saturated carbocycles. The zero-order valence-electron chi connectivity index (χ0n) is 14.8. The predicted molar refractivity (Wildman–Crippen MR) is 98.9 cm³/mol. The molecule has 134 valence electrons. The Kier molecular flexibility index (Phi) is 5.22. The van der Waals surface area contributed by atoms with Gasteiger partial charge in [0.15, 0.2) is 0 Å². The number of rotatable bonds is 5. The lowest BCUT2D eigenvalue weighted by Crippen LogP contribution is -2.31. The maximum Gasteiger partial charge on any atom is 0.415 e. The monoisotopic (exact) mass is 351 g/mol. The molecule has 3 aromatic rings. The van der Waals surface area contributed by atoms with Gasteiger partial charge in [-0.15, -0.1) is 0 Å². The molecule has 0 aliphatic rings. The fourth-order valence-electron chi connectivity index (χ4n) is 2.61. The van der Waals surface area contributed by atoms with E-state index in [1.54, 1.807) is 29.1 Å². The Morgan fingerprint density at radius 3 is 2.50 bits per heavy atom. The molecule has 1 N–H and O–H groups in total. The number of nitrogens with zero attached hydrogens (tertiary/aromatic N) is 3. The molecule has 0 atom stereocenters. The van der Waals surface area contributed by atoms with Gasteiger partial charge in [-0.3, -0.25) is 9.58 Å². The molecule has 1 aromatic heterocycles. The van der Waals surface area contributed by atoms with Gasteiger partial charge in [0.2, 0.25) is 0 Å². The van der Waals surface area contributed by atoms with E-state index in [-0.39, 0.29) is 18.9 Å². The maximum atomic E-state index is 12.8. The summed E-state index contributed by atoms with van der Waals surface area (Å²) in [6.07, 6.45) is 1.13. The number of aryl methyl sites for hydroxylation is 1. The fraction of sp³-hybridized carbons (Fsp3) is 0.200. The van der Waals surface area contributed by atoms with Crippen molar-refractivity contribution in [1.29, 1.82) is 0 Å². The van der Waals surface area contributed by atoms with Crippen molar-refractivity contribution in [2.45, 2.75) is 20.1 Å². The molecule has 6 heteroatoms. The van der Waals surface area contributed by atoms with E-state index in [0.717, 1.165) is 11.3 Å². The van der Waals surface area contributed by atoms with Crippen LogP contribution in [0, 0.1) is 6.92 Å². The molecule has 0 radical (unpaired) electrons. The number of aromatic nitrogens is 2. The van der Waals surface area contributed by atoms with Crippen LogP contribution >= 0.6 is 0 Å². The number of hydrogen-bond acceptors (Lipinski definition) is 4. The van der Waals surface area contributed by atoms with E-state index < -0.39 is 6.09 Å². The largest absolute Gasteiger partial charge is 0.508 e. The van der Waals surface area contributed by atoms with E-state index in [0.29, 0.717) is 11.3 Å². The lowest BCUT2D eigenvalue weighted by atomic mass is 10.2. The van der Waals surface area contributed by atoms with Crippen molar-refractivity contribution in [3.63, 3.8) is 0 Å². The van der Waals surface area contributed by atoms with Crippen LogP contribution in [0.15, 0.2) is 60.8 Å². The summed E-state index contributed by atoms with van der Waals surface area (Å²) in [7, 11) is 1.81. The summed E-state index contributed by atoms with van der Waals surface area (Å²) in [4.78, 5) is 14.3. The van der Waals surface area contributed by atoms with E-state index >= 15 is 0 Å². The molecule has 26 heavy (non-hydrogen) atoms. The van der Waals surface area contributed by atoms with Crippen molar-refractivity contribution < 1.29 is 14.6 Å². The number of anilines is 1. The van der Waals surface area contributed by atoms with Crippen LogP contribution in [0.1, 0.15) is 16.8 Å². The zero-order chi connectivity index (χ0) is 18.5. The standard InChI is InChI=1S/C20H21N3O3/c1-15-18(12-21-22(15)2)23(13-17-10-6-7-11-19(17)24)20(25)26-14-16-8-4-3-5-9-16/h3-12,24H,13-14H2,1-2H3. The van der Waals surface area contributed by atoms with Crippen molar-refractivity contribution in [2.24, 2.45) is 7.05 Å². The van der Waals surface area contributed by atoms with Gasteiger partial charge in [-0.1, -0.05) is 48.5 Å². The Morgan fingerprint density at radius 2 is 1.85 bits per heavy atom. The quantitative estimate of drug-likeness (QED) is 0.760. The minimum atomic E-state index is -0.492. The van der Waals surface area contributed by atoms with Crippen molar-refractivity contribution in [1.82, 2.24) is 9.78 Å². The summed E-state index contributed by atoms with van der Waals surface area (Å²) >= 11 is 0. The smallest absolute Gasteiger partial charge is 0.415 e. The van der Waals surface area contributed by atoms with E-state index in [1.807, 2.05) is 50.4 Å². The average Bonchev–Trinajstić information content (AvgIpc) is 2.99. The first kappa shape index (κ1) is 17.5. The van der Waals surface area contributed by atoms with Crippen molar-refractivity contribution >= 4 is 11.8 Å². The Hall–Kier alpha value is -3.28. The Morgan fingerprint density at radius 1 is 1.15 bits per heavy atom. The van der Waals surface area contributed by atoms with Crippen molar-refractivity contribution in [3.8, 4) is 5.75 Å². The second kappa shape index (κ2) is 7.74. The molecule has 0 saturated heterocycles. The first-order chi connectivity index (χ1) is 12.6. The molecular weight excluding hydrogens is 330 g/mol. The van der Waals surface area contributed by atoms with Crippen molar-refractivity contribution in [2.75, 3.05) is 4.90 Å². The van der Waals surface area contributed by atoms with Crippen LogP contribution in [0.2, 0.25) is 0 Å². The molecule has 0 bridgehead atoms. The number of carbonyl (C=O) groups is 1. The number of para-hydroxylation sites is 1. The first-order valence-electron chi connectivity index (χ1n) is 8.30. The topological polar surface area (TPSA) is 67.6 Å². The van der Waals surface area contributed by atoms with Gasteiger partial charge in [0.25, 0.3) is 0 Å². The molecule has 1 amide bonds. The average molecular weight is 351 g/mol. The van der Waals surface area contributed by atoms with Gasteiger partial charge in [-0.25, -0.2) is 4.79 Å². The van der Waals surface area contributed by atoms with Gasteiger partial charge in [0.1, 0.15) is 12.4 Å². The second-order valence-electron chi connectivity index (χ2n) is 5.99. The van der Waals surface area contributed by atoms with Gasteiger partial charge >= 0.3 is 6.09 Å². The van der Waals surface area contributed by atoms with Crippen LogP contribution in [0.3, 0.4) is 0 Å². The highest BCUT2D eigenvalue weighted by molar-refractivity contribution is 5.88. The van der Waals surface area contributed by atoms with Crippen LogP contribution in [0.5, 0.6) is 5.75 Å². The maximum absolute atomic E-state index is 12.8. The summed E-state index contributed by atoms with van der Waals surface area (Å²) in [6, 6.07) is 16.4. The molecule has 2 aromatic carbocycles. The molecule has 6 nitrogen and oxygen atoms in total. The van der Waals surface area contributed by atoms with Gasteiger partial charge in [0.05, 0.1) is 24.1 Å². The lowest BCUT2D eigenvalue weighted by molar-refractivity contribution is 0.146. The van der Waals surface area contributed by atoms with Crippen LogP contribution in [0.4, 0.5) is 10.5 Å². The number of benzene rings is 2. The summed E-state index contributed by atoms with van der Waals surface area (Å²) in [5, 5.41) is 14.3. The molecule has 0 aliphatic heterocycles. The number of carbonyl (C=O) groups excluding carboxylic acids is 1. The lowest BCUT2D eigenvalue weighted by Gasteiger charge is -2.22. The summed E-state index contributed by atoms with van der Waals surface area (Å²) < 4.78 is 7.18. The first-order valence-corrected chi connectivity index (χ1v) is 8.30. The third kappa shape index (κ3) is 3.85. The highest BCUT2D eigenvalue weighted by Gasteiger charge is 2.23. The number of hydrogen-bond donors (Lipinski definition) is 1. The predicted octanol–water partition coefficient (Wildman–Crippen LogP) is 3.78. The fourth-order valence-corrected chi connectivity index (χ4v) is 2.61. The van der Waals surface area contributed by atoms with E-state index in [9.17, 15) is 9.90 Å². The van der Waals surface area contributed by atoms with Crippen LogP contribution in [-0.2, 0) is 24.9 Å². The van der Waals surface area contributed by atoms with Gasteiger partial charge < -0.3 is 9.84 Å². The van der Waals surface area contributed by atoms with Crippen LogP contribution in [0.25, 0.3) is 0 Å². The molecule has 3 rings (SSSR count). The van der Waals surface area contributed by atoms with Gasteiger partial charge in [0, 0.05) is 12.6 Å². The molecular formula is C20H21N3O3. The number of amides is 1. The number of phenols is 1. The second-order valence-corrected chi connectivity index (χ2v) is 5.99. The number of ether oxygens (including phenoxy) is 1. The molecule has 0 unspecified atom stereocenters. The highest BCUT2D eigenvalue weighted by Crippen LogP contribution is 2.25. The Labute approximate surface area is 152 Å². The molecule has 1 heterocycles. The van der Waals surface area contributed by atoms with Gasteiger partial charge in [-0.05, 0) is 18.6 Å². The molecule has 0 fully saturated rings. The van der Waals surface area contributed by atoms with Crippen molar-refractivity contribution in [3.05, 3.63) is 77.6 Å². The Balaban J connectivity index is 1.84. The third-order valence-electron chi connectivity index (χ3n) is 4.25. The molecule has 0 aliphatic carbocycles.